The van der Waals surface area contributed by atoms with Gasteiger partial charge in [0, 0.05) is 5.71 Å². The Morgan fingerprint density at radius 1 is 1.29 bits per heavy atom. The highest BCUT2D eigenvalue weighted by Gasteiger charge is 2.02. The van der Waals surface area contributed by atoms with Crippen LogP contribution in [0.2, 0.25) is 0 Å². The molecule has 0 N–H and O–H groups in total. The minimum atomic E-state index is 1.04. The van der Waals surface area contributed by atoms with Gasteiger partial charge in [-0.3, -0.25) is 4.99 Å². The molecule has 1 nitrogen and oxygen atoms in total. The molecular formula is C20H27N. The zero-order valence-electron chi connectivity index (χ0n) is 14.0. The van der Waals surface area contributed by atoms with Crippen LogP contribution in [-0.2, 0) is 6.42 Å². The van der Waals surface area contributed by atoms with Crippen LogP contribution in [0.3, 0.4) is 0 Å². The lowest BCUT2D eigenvalue weighted by Crippen LogP contribution is -1.95. The van der Waals surface area contributed by atoms with Crippen LogP contribution in [0.4, 0.5) is 5.69 Å². The fourth-order valence-corrected chi connectivity index (χ4v) is 2.17. The van der Waals surface area contributed by atoms with E-state index in [-0.39, 0.29) is 0 Å². The van der Waals surface area contributed by atoms with Crippen molar-refractivity contribution in [1.29, 1.82) is 0 Å². The number of benzene rings is 1. The molecule has 1 rings (SSSR count). The van der Waals surface area contributed by atoms with Gasteiger partial charge < -0.3 is 0 Å². The number of allylic oxidation sites excluding steroid dienone is 5. The third-order valence-electron chi connectivity index (χ3n) is 3.53. The van der Waals surface area contributed by atoms with Crippen molar-refractivity contribution >= 4 is 11.4 Å². The molecule has 0 aliphatic carbocycles. The van der Waals surface area contributed by atoms with Crippen molar-refractivity contribution in [3.05, 3.63) is 65.3 Å². The summed E-state index contributed by atoms with van der Waals surface area (Å²) in [5.41, 5.74) is 6.98. The summed E-state index contributed by atoms with van der Waals surface area (Å²) in [6.07, 6.45) is 8.35. The molecule has 112 valence electrons. The Hall–Kier alpha value is -1.89. The van der Waals surface area contributed by atoms with Gasteiger partial charge in [-0.2, -0.15) is 0 Å². The summed E-state index contributed by atoms with van der Waals surface area (Å²) in [6, 6.07) is 6.57. The fraction of sp³-hybridized carbons (Fsp3) is 0.350. The maximum absolute atomic E-state index is 4.83. The van der Waals surface area contributed by atoms with E-state index >= 15 is 0 Å². The van der Waals surface area contributed by atoms with Gasteiger partial charge in [0.2, 0.25) is 0 Å². The van der Waals surface area contributed by atoms with E-state index in [0.29, 0.717) is 0 Å². The molecule has 0 saturated heterocycles. The molecule has 0 radical (unpaired) electrons. The van der Waals surface area contributed by atoms with E-state index in [1.807, 2.05) is 13.0 Å². The Kier molecular flexibility index (Phi) is 6.87. The van der Waals surface area contributed by atoms with Crippen LogP contribution < -0.4 is 0 Å². The first kappa shape index (κ1) is 17.2. The Balaban J connectivity index is 3.16. The summed E-state index contributed by atoms with van der Waals surface area (Å²) in [4.78, 5) is 4.83. The van der Waals surface area contributed by atoms with Crippen LogP contribution in [0.5, 0.6) is 0 Å². The van der Waals surface area contributed by atoms with Gasteiger partial charge in [0.25, 0.3) is 0 Å². The molecule has 21 heavy (non-hydrogen) atoms. The quantitative estimate of drug-likeness (QED) is 0.440. The monoisotopic (exact) mass is 281 g/mol. The summed E-state index contributed by atoms with van der Waals surface area (Å²) in [5.74, 6) is 0. The van der Waals surface area contributed by atoms with Gasteiger partial charge >= 0.3 is 0 Å². The summed E-state index contributed by atoms with van der Waals surface area (Å²) in [6.45, 7) is 14.3. The molecule has 1 aromatic rings. The highest BCUT2D eigenvalue weighted by atomic mass is 14.7. The van der Waals surface area contributed by atoms with Gasteiger partial charge in [-0.05, 0) is 56.9 Å². The van der Waals surface area contributed by atoms with Crippen molar-refractivity contribution in [2.24, 2.45) is 4.99 Å². The zero-order valence-corrected chi connectivity index (χ0v) is 14.0. The van der Waals surface area contributed by atoms with Crippen LogP contribution in [0.1, 0.15) is 45.2 Å². The molecule has 0 atom stereocenters. The summed E-state index contributed by atoms with van der Waals surface area (Å²) in [7, 11) is 0. The molecule has 0 aliphatic rings. The average molecular weight is 281 g/mol. The molecule has 0 aliphatic heterocycles. The Morgan fingerprint density at radius 3 is 2.57 bits per heavy atom. The van der Waals surface area contributed by atoms with Crippen molar-refractivity contribution in [3.63, 3.8) is 0 Å². The van der Waals surface area contributed by atoms with E-state index in [4.69, 9.17) is 4.99 Å². The third-order valence-corrected chi connectivity index (χ3v) is 3.53. The smallest absolute Gasteiger partial charge is 0.0664 e. The van der Waals surface area contributed by atoms with Crippen molar-refractivity contribution in [1.82, 2.24) is 0 Å². The Labute approximate surface area is 129 Å². The number of aryl methyl sites for hydroxylation is 2. The minimum Gasteiger partial charge on any atom is -0.253 e. The zero-order chi connectivity index (χ0) is 15.8. The van der Waals surface area contributed by atoms with E-state index in [2.05, 4.69) is 64.6 Å². The molecule has 0 fully saturated rings. The normalized spacial score (nSPS) is 13.5. The van der Waals surface area contributed by atoms with Gasteiger partial charge in [0.1, 0.15) is 0 Å². The number of rotatable bonds is 6. The second-order valence-corrected chi connectivity index (χ2v) is 5.40. The predicted octanol–water partition coefficient (Wildman–Crippen LogP) is 6.12. The summed E-state index contributed by atoms with van der Waals surface area (Å²) in [5, 5.41) is 0. The standard InChI is InChI=1S/C20H27N/c1-7-10-18-12-11-16(5)20(14-18)21-17(6)19(9-3)13-15(4)8-2/h8-9,11-14H,2,7,10H2,1,3-6H3/b15-13-,19-9+,21-17+. The number of hydrogen-bond acceptors (Lipinski definition) is 1. The summed E-state index contributed by atoms with van der Waals surface area (Å²) < 4.78 is 0. The summed E-state index contributed by atoms with van der Waals surface area (Å²) >= 11 is 0. The van der Waals surface area contributed by atoms with E-state index in [1.165, 1.54) is 11.1 Å². The maximum Gasteiger partial charge on any atom is 0.0664 e. The van der Waals surface area contributed by atoms with Crippen LogP contribution in [0, 0.1) is 6.92 Å². The van der Waals surface area contributed by atoms with Gasteiger partial charge in [0.05, 0.1) is 5.69 Å². The largest absolute Gasteiger partial charge is 0.253 e. The SMILES string of the molecule is C=C\C(C)=C/C(=C\C)C(/C)=N/c1cc(CCC)ccc1C. The van der Waals surface area contributed by atoms with E-state index in [1.54, 1.807) is 0 Å². The predicted molar refractivity (Wildman–Crippen MR) is 95.7 cm³/mol. The minimum absolute atomic E-state index is 1.04. The van der Waals surface area contributed by atoms with Crippen molar-refractivity contribution in [2.45, 2.75) is 47.5 Å². The first-order valence-corrected chi connectivity index (χ1v) is 7.64. The van der Waals surface area contributed by atoms with Gasteiger partial charge in [-0.1, -0.05) is 55.9 Å². The molecule has 0 unspecified atom stereocenters. The molecular weight excluding hydrogens is 254 g/mol. The molecule has 1 heteroatoms. The second kappa shape index (κ2) is 8.41. The third kappa shape index (κ3) is 5.18. The fourth-order valence-electron chi connectivity index (χ4n) is 2.17. The van der Waals surface area contributed by atoms with Crippen LogP contribution >= 0.6 is 0 Å². The van der Waals surface area contributed by atoms with Crippen molar-refractivity contribution < 1.29 is 0 Å². The van der Waals surface area contributed by atoms with Crippen LogP contribution in [-0.4, -0.2) is 5.71 Å². The van der Waals surface area contributed by atoms with Gasteiger partial charge in [-0.15, -0.1) is 0 Å². The molecule has 0 spiro atoms. The van der Waals surface area contributed by atoms with Crippen molar-refractivity contribution in [2.75, 3.05) is 0 Å². The second-order valence-electron chi connectivity index (χ2n) is 5.40. The van der Waals surface area contributed by atoms with E-state index in [9.17, 15) is 0 Å². The first-order valence-electron chi connectivity index (χ1n) is 7.64. The lowest BCUT2D eigenvalue weighted by atomic mass is 10.1. The number of aliphatic imine (C=N–C) groups is 1. The molecule has 0 saturated carbocycles. The highest BCUT2D eigenvalue weighted by Crippen LogP contribution is 2.22. The van der Waals surface area contributed by atoms with Crippen molar-refractivity contribution in [3.8, 4) is 0 Å². The van der Waals surface area contributed by atoms with Gasteiger partial charge in [-0.25, -0.2) is 0 Å². The Bertz CT molecular complexity index is 586. The molecule has 0 bridgehead atoms. The Morgan fingerprint density at radius 2 is 2.00 bits per heavy atom. The highest BCUT2D eigenvalue weighted by molar-refractivity contribution is 6.02. The van der Waals surface area contributed by atoms with Gasteiger partial charge in [0.15, 0.2) is 0 Å². The first-order chi connectivity index (χ1) is 10.0. The van der Waals surface area contributed by atoms with E-state index < -0.39 is 0 Å². The van der Waals surface area contributed by atoms with Crippen LogP contribution in [0.15, 0.2) is 59.1 Å². The number of nitrogens with zero attached hydrogens (tertiary/aromatic N) is 1. The van der Waals surface area contributed by atoms with E-state index in [0.717, 1.165) is 35.4 Å². The lowest BCUT2D eigenvalue weighted by Gasteiger charge is -2.07. The number of hydrogen-bond donors (Lipinski definition) is 0. The topological polar surface area (TPSA) is 12.4 Å². The lowest BCUT2D eigenvalue weighted by molar-refractivity contribution is 0.921. The molecule has 0 heterocycles. The molecule has 0 aromatic heterocycles. The molecule has 0 amide bonds. The maximum atomic E-state index is 4.83. The van der Waals surface area contributed by atoms with Crippen LogP contribution in [0.25, 0.3) is 0 Å². The molecule has 1 aromatic carbocycles. The average Bonchev–Trinajstić information content (AvgIpc) is 2.48.